The minimum atomic E-state index is -3.27. The lowest BCUT2D eigenvalue weighted by molar-refractivity contribution is 0.592. The second kappa shape index (κ2) is 6.94. The molecule has 0 atom stereocenters. The normalized spacial score (nSPS) is 14.1. The Morgan fingerprint density at radius 1 is 1.19 bits per heavy atom. The Labute approximate surface area is 161 Å². The van der Waals surface area contributed by atoms with Crippen molar-refractivity contribution in [3.8, 4) is 11.3 Å². The molecule has 8 heteroatoms. The maximum atomic E-state index is 13.0. The van der Waals surface area contributed by atoms with Crippen LogP contribution >= 0.6 is 11.3 Å². The number of benzene rings is 2. The summed E-state index contributed by atoms with van der Waals surface area (Å²) in [5, 5.41) is 5.83. The maximum absolute atomic E-state index is 13.0. The van der Waals surface area contributed by atoms with Crippen LogP contribution in [-0.4, -0.2) is 26.2 Å². The fourth-order valence-corrected chi connectivity index (χ4v) is 4.92. The molecule has 2 heterocycles. The number of halogens is 1. The lowest BCUT2D eigenvalue weighted by Gasteiger charge is -2.29. The number of hydrogen-bond donors (Lipinski definition) is 1. The van der Waals surface area contributed by atoms with Gasteiger partial charge >= 0.3 is 0 Å². The van der Waals surface area contributed by atoms with E-state index in [1.165, 1.54) is 34.0 Å². The van der Waals surface area contributed by atoms with Gasteiger partial charge in [0, 0.05) is 23.2 Å². The van der Waals surface area contributed by atoms with Gasteiger partial charge in [-0.05, 0) is 54.8 Å². The van der Waals surface area contributed by atoms with Crippen molar-refractivity contribution in [2.75, 3.05) is 22.4 Å². The van der Waals surface area contributed by atoms with Crippen LogP contribution in [0, 0.1) is 5.82 Å². The van der Waals surface area contributed by atoms with E-state index < -0.39 is 10.0 Å². The molecule has 0 saturated carbocycles. The number of rotatable bonds is 4. The van der Waals surface area contributed by atoms with Gasteiger partial charge in [-0.3, -0.25) is 4.31 Å². The summed E-state index contributed by atoms with van der Waals surface area (Å²) in [7, 11) is -3.27. The molecule has 0 aliphatic carbocycles. The lowest BCUT2D eigenvalue weighted by atomic mass is 10.00. The second-order valence-electron chi connectivity index (χ2n) is 6.45. The fraction of sp³-hybridized carbons (Fsp3) is 0.211. The van der Waals surface area contributed by atoms with E-state index >= 15 is 0 Å². The number of fused-ring (bicyclic) bond motifs is 1. The zero-order valence-corrected chi connectivity index (χ0v) is 16.3. The first-order valence-corrected chi connectivity index (χ1v) is 11.2. The molecule has 0 spiro atoms. The average molecular weight is 404 g/mol. The van der Waals surface area contributed by atoms with E-state index in [1.54, 1.807) is 12.1 Å². The number of aromatic nitrogens is 1. The topological polar surface area (TPSA) is 62.3 Å². The van der Waals surface area contributed by atoms with Gasteiger partial charge in [0.25, 0.3) is 0 Å². The molecule has 0 unspecified atom stereocenters. The highest BCUT2D eigenvalue weighted by Crippen LogP contribution is 2.34. The van der Waals surface area contributed by atoms with Crippen molar-refractivity contribution in [2.24, 2.45) is 0 Å². The molecule has 5 nitrogen and oxygen atoms in total. The molecule has 27 heavy (non-hydrogen) atoms. The number of nitrogens with one attached hydrogen (secondary N) is 1. The van der Waals surface area contributed by atoms with Gasteiger partial charge in [-0.1, -0.05) is 6.07 Å². The number of nitrogens with zero attached hydrogens (tertiary/aromatic N) is 2. The molecule has 4 rings (SSSR count). The van der Waals surface area contributed by atoms with Crippen molar-refractivity contribution in [1.82, 2.24) is 4.98 Å². The van der Waals surface area contributed by atoms with Gasteiger partial charge in [0.1, 0.15) is 5.82 Å². The average Bonchev–Trinajstić information content (AvgIpc) is 3.10. The number of hydrogen-bond acceptors (Lipinski definition) is 5. The molecule has 0 amide bonds. The first-order valence-electron chi connectivity index (χ1n) is 8.49. The number of aryl methyl sites for hydroxylation is 1. The quantitative estimate of drug-likeness (QED) is 0.701. The molecule has 1 aromatic heterocycles. The van der Waals surface area contributed by atoms with Gasteiger partial charge in [0.2, 0.25) is 10.0 Å². The lowest BCUT2D eigenvalue weighted by Crippen LogP contribution is -2.34. The Morgan fingerprint density at radius 3 is 2.70 bits per heavy atom. The van der Waals surface area contributed by atoms with Crippen LogP contribution in [0.5, 0.6) is 0 Å². The molecule has 0 radical (unpaired) electrons. The predicted octanol–water partition coefficient (Wildman–Crippen LogP) is 4.41. The van der Waals surface area contributed by atoms with Crippen LogP contribution in [0.2, 0.25) is 0 Å². The largest absolute Gasteiger partial charge is 0.332 e. The molecule has 140 valence electrons. The van der Waals surface area contributed by atoms with Crippen LogP contribution < -0.4 is 9.62 Å². The summed E-state index contributed by atoms with van der Waals surface area (Å²) in [5.41, 5.74) is 4.32. The van der Waals surface area contributed by atoms with Gasteiger partial charge in [0.05, 0.1) is 17.6 Å². The zero-order chi connectivity index (χ0) is 19.0. The van der Waals surface area contributed by atoms with Crippen LogP contribution in [-0.2, 0) is 16.4 Å². The van der Waals surface area contributed by atoms with Crippen molar-refractivity contribution < 1.29 is 12.8 Å². The molecule has 0 bridgehead atoms. The van der Waals surface area contributed by atoms with E-state index in [1.807, 2.05) is 23.6 Å². The van der Waals surface area contributed by atoms with E-state index in [2.05, 4.69) is 10.3 Å². The van der Waals surface area contributed by atoms with Crippen LogP contribution in [0.3, 0.4) is 0 Å². The van der Waals surface area contributed by atoms with Crippen molar-refractivity contribution in [2.45, 2.75) is 12.8 Å². The first-order chi connectivity index (χ1) is 12.9. The highest BCUT2D eigenvalue weighted by atomic mass is 32.2. The first kappa shape index (κ1) is 17.9. The third kappa shape index (κ3) is 3.81. The highest BCUT2D eigenvalue weighted by molar-refractivity contribution is 7.92. The summed E-state index contributed by atoms with van der Waals surface area (Å²) in [5.74, 6) is -0.280. The van der Waals surface area contributed by atoms with E-state index in [9.17, 15) is 12.8 Å². The van der Waals surface area contributed by atoms with E-state index in [-0.39, 0.29) is 5.82 Å². The third-order valence-electron chi connectivity index (χ3n) is 4.45. The smallest absolute Gasteiger partial charge is 0.232 e. The van der Waals surface area contributed by atoms with Gasteiger partial charge in [-0.2, -0.15) is 0 Å². The van der Waals surface area contributed by atoms with Crippen LogP contribution in [0.4, 0.5) is 20.9 Å². The molecule has 2 aromatic carbocycles. The monoisotopic (exact) mass is 403 g/mol. The summed E-state index contributed by atoms with van der Waals surface area (Å²) >= 11 is 1.46. The summed E-state index contributed by atoms with van der Waals surface area (Å²) in [6, 6.07) is 11.9. The molecule has 3 aromatic rings. The molecule has 1 aliphatic heterocycles. The van der Waals surface area contributed by atoms with Crippen molar-refractivity contribution >= 4 is 37.9 Å². The van der Waals surface area contributed by atoms with Crippen LogP contribution in [0.25, 0.3) is 11.3 Å². The SMILES string of the molecule is CS(=O)(=O)N1CCCc2cc(-c3csc(Nc4ccc(F)cc4)n3)ccc21. The third-order valence-corrected chi connectivity index (χ3v) is 6.39. The van der Waals surface area contributed by atoms with E-state index in [0.717, 1.165) is 41.0 Å². The maximum Gasteiger partial charge on any atom is 0.232 e. The summed E-state index contributed by atoms with van der Waals surface area (Å²) in [4.78, 5) is 4.60. The second-order valence-corrected chi connectivity index (χ2v) is 9.22. The minimum Gasteiger partial charge on any atom is -0.332 e. The molecule has 0 saturated heterocycles. The molecule has 1 aliphatic rings. The Hall–Kier alpha value is -2.45. The van der Waals surface area contributed by atoms with Gasteiger partial charge < -0.3 is 5.32 Å². The Kier molecular flexibility index (Phi) is 4.61. The molecular formula is C19H18FN3O2S2. The van der Waals surface area contributed by atoms with Crippen molar-refractivity contribution in [3.05, 3.63) is 59.2 Å². The van der Waals surface area contributed by atoms with Crippen molar-refractivity contribution in [1.29, 1.82) is 0 Å². The Bertz CT molecular complexity index is 1080. The fourth-order valence-electron chi connectivity index (χ4n) is 3.19. The zero-order valence-electron chi connectivity index (χ0n) is 14.6. The van der Waals surface area contributed by atoms with Crippen molar-refractivity contribution in [3.63, 3.8) is 0 Å². The summed E-state index contributed by atoms with van der Waals surface area (Å²) in [6.45, 7) is 0.521. The summed E-state index contributed by atoms with van der Waals surface area (Å²) < 4.78 is 38.4. The number of thiazole rings is 1. The predicted molar refractivity (Wildman–Crippen MR) is 108 cm³/mol. The van der Waals surface area contributed by atoms with Crippen LogP contribution in [0.1, 0.15) is 12.0 Å². The van der Waals surface area contributed by atoms with Gasteiger partial charge in [0.15, 0.2) is 5.13 Å². The molecular weight excluding hydrogens is 385 g/mol. The Balaban J connectivity index is 1.60. The molecule has 0 fully saturated rings. The van der Waals surface area contributed by atoms with E-state index in [0.29, 0.717) is 11.7 Å². The highest BCUT2D eigenvalue weighted by Gasteiger charge is 2.24. The van der Waals surface area contributed by atoms with Gasteiger partial charge in [-0.15, -0.1) is 11.3 Å². The van der Waals surface area contributed by atoms with E-state index in [4.69, 9.17) is 0 Å². The van der Waals surface area contributed by atoms with Gasteiger partial charge in [-0.25, -0.2) is 17.8 Å². The summed E-state index contributed by atoms with van der Waals surface area (Å²) in [6.07, 6.45) is 2.89. The number of anilines is 3. The molecule has 1 N–H and O–H groups in total. The Morgan fingerprint density at radius 2 is 1.96 bits per heavy atom. The number of sulfonamides is 1. The van der Waals surface area contributed by atoms with Crippen LogP contribution in [0.15, 0.2) is 47.8 Å². The minimum absolute atomic E-state index is 0.280. The standard InChI is InChI=1S/C19H18FN3O2S2/c1-27(24,25)23-10-2-3-14-11-13(4-9-18(14)23)17-12-26-19(22-17)21-16-7-5-15(20)6-8-16/h4-9,11-12H,2-3,10H2,1H3,(H,21,22).